The van der Waals surface area contributed by atoms with E-state index in [0.717, 1.165) is 25.5 Å². The molecule has 0 bridgehead atoms. The number of carbonyl (C=O) groups is 3. The molecule has 0 spiro atoms. The number of thiazole rings is 1. The quantitative estimate of drug-likeness (QED) is 0.527. The van der Waals surface area contributed by atoms with Gasteiger partial charge in [-0.05, 0) is 46.9 Å². The minimum Gasteiger partial charge on any atom is -0.481 e. The largest absolute Gasteiger partial charge is 0.481 e. The minimum atomic E-state index is -1.01. The van der Waals surface area contributed by atoms with E-state index in [1.807, 2.05) is 24.3 Å². The van der Waals surface area contributed by atoms with Crippen molar-refractivity contribution in [2.45, 2.75) is 18.9 Å². The van der Waals surface area contributed by atoms with Gasteiger partial charge in [-0.3, -0.25) is 14.4 Å². The zero-order valence-corrected chi connectivity index (χ0v) is 15.2. The molecule has 2 amide bonds. The third-order valence-electron chi connectivity index (χ3n) is 3.40. The van der Waals surface area contributed by atoms with E-state index in [-0.39, 0.29) is 29.8 Å². The SMILES string of the molecule is O=C(O)Cc1csc(N2C(=O)CC(Nc3ccc(I)cc3)C2=O)n1. The van der Waals surface area contributed by atoms with Gasteiger partial charge in [0.1, 0.15) is 6.04 Å². The molecule has 1 unspecified atom stereocenters. The number of nitrogens with one attached hydrogen (secondary N) is 1. The lowest BCUT2D eigenvalue weighted by molar-refractivity contribution is -0.136. The third-order valence-corrected chi connectivity index (χ3v) is 4.99. The molecule has 3 rings (SSSR count). The molecule has 0 radical (unpaired) electrons. The van der Waals surface area contributed by atoms with Crippen molar-refractivity contribution in [2.24, 2.45) is 0 Å². The van der Waals surface area contributed by atoms with Crippen molar-refractivity contribution in [3.63, 3.8) is 0 Å². The monoisotopic (exact) mass is 457 g/mol. The number of aliphatic carboxylic acids is 1. The summed E-state index contributed by atoms with van der Waals surface area (Å²) < 4.78 is 1.07. The molecule has 1 aliphatic rings. The molecule has 1 aliphatic heterocycles. The van der Waals surface area contributed by atoms with Crippen LogP contribution in [-0.4, -0.2) is 33.9 Å². The van der Waals surface area contributed by atoms with Crippen LogP contribution in [0.25, 0.3) is 0 Å². The maximum atomic E-state index is 12.5. The highest BCUT2D eigenvalue weighted by Crippen LogP contribution is 2.28. The van der Waals surface area contributed by atoms with Crippen LogP contribution in [0.5, 0.6) is 0 Å². The van der Waals surface area contributed by atoms with Gasteiger partial charge in [0, 0.05) is 14.6 Å². The van der Waals surface area contributed by atoms with Gasteiger partial charge in [0.05, 0.1) is 18.5 Å². The number of anilines is 2. The van der Waals surface area contributed by atoms with E-state index >= 15 is 0 Å². The lowest BCUT2D eigenvalue weighted by Crippen LogP contribution is -2.34. The summed E-state index contributed by atoms with van der Waals surface area (Å²) in [5.41, 5.74) is 1.09. The predicted octanol–water partition coefficient (Wildman–Crippen LogP) is 2.12. The highest BCUT2D eigenvalue weighted by atomic mass is 127. The predicted molar refractivity (Wildman–Crippen MR) is 97.1 cm³/mol. The van der Waals surface area contributed by atoms with Gasteiger partial charge < -0.3 is 10.4 Å². The van der Waals surface area contributed by atoms with E-state index in [4.69, 9.17) is 5.11 Å². The lowest BCUT2D eigenvalue weighted by Gasteiger charge is -2.13. The molecule has 2 N–H and O–H groups in total. The van der Waals surface area contributed by atoms with Gasteiger partial charge in [0.2, 0.25) is 5.91 Å². The number of imide groups is 1. The number of hydrogen-bond acceptors (Lipinski definition) is 6. The average Bonchev–Trinajstić information content (AvgIpc) is 3.06. The summed E-state index contributed by atoms with van der Waals surface area (Å²) >= 11 is 3.27. The van der Waals surface area contributed by atoms with Gasteiger partial charge in [-0.1, -0.05) is 0 Å². The Kier molecular flexibility index (Phi) is 4.81. The molecule has 1 aromatic heterocycles. The number of benzene rings is 1. The molecular weight excluding hydrogens is 445 g/mol. The Hall–Kier alpha value is -2.01. The number of amides is 2. The van der Waals surface area contributed by atoms with Crippen LogP contribution < -0.4 is 10.2 Å². The normalized spacial score (nSPS) is 17.4. The highest BCUT2D eigenvalue weighted by Gasteiger charge is 2.41. The lowest BCUT2D eigenvalue weighted by atomic mass is 10.2. The first-order valence-electron chi connectivity index (χ1n) is 6.99. The summed E-state index contributed by atoms with van der Waals surface area (Å²) in [7, 11) is 0. The Morgan fingerprint density at radius 1 is 1.38 bits per heavy atom. The Morgan fingerprint density at radius 2 is 2.08 bits per heavy atom. The number of rotatable bonds is 5. The molecule has 9 heteroatoms. The zero-order chi connectivity index (χ0) is 17.3. The molecule has 2 aromatic rings. The van der Waals surface area contributed by atoms with E-state index in [1.165, 1.54) is 0 Å². The molecule has 2 heterocycles. The number of halogens is 1. The Labute approximate surface area is 154 Å². The molecule has 0 saturated carbocycles. The summed E-state index contributed by atoms with van der Waals surface area (Å²) in [6.07, 6.45) is -0.199. The second-order valence-corrected chi connectivity index (χ2v) is 7.25. The van der Waals surface area contributed by atoms with E-state index in [1.54, 1.807) is 5.38 Å². The molecule has 7 nitrogen and oxygen atoms in total. The molecule has 0 aliphatic carbocycles. The van der Waals surface area contributed by atoms with Crippen molar-refractivity contribution >= 4 is 62.5 Å². The topological polar surface area (TPSA) is 99.6 Å². The van der Waals surface area contributed by atoms with Crippen molar-refractivity contribution in [3.8, 4) is 0 Å². The van der Waals surface area contributed by atoms with Crippen molar-refractivity contribution in [1.82, 2.24) is 4.98 Å². The fourth-order valence-electron chi connectivity index (χ4n) is 2.33. The first-order chi connectivity index (χ1) is 11.4. The van der Waals surface area contributed by atoms with Crippen LogP contribution in [0.15, 0.2) is 29.6 Å². The first kappa shape index (κ1) is 16.8. The van der Waals surface area contributed by atoms with Crippen LogP contribution in [0.4, 0.5) is 10.8 Å². The Balaban J connectivity index is 1.75. The van der Waals surface area contributed by atoms with Gasteiger partial charge in [0.15, 0.2) is 5.13 Å². The van der Waals surface area contributed by atoms with Crippen LogP contribution in [0.1, 0.15) is 12.1 Å². The third kappa shape index (κ3) is 3.56. The molecule has 1 fully saturated rings. The van der Waals surface area contributed by atoms with Crippen LogP contribution in [-0.2, 0) is 20.8 Å². The number of aromatic nitrogens is 1. The van der Waals surface area contributed by atoms with E-state index in [9.17, 15) is 14.4 Å². The second kappa shape index (κ2) is 6.85. The first-order valence-corrected chi connectivity index (χ1v) is 8.95. The standard InChI is InChI=1S/C15H12IN3O4S/c16-8-1-3-9(4-2-8)17-11-6-12(20)19(14(11)23)15-18-10(7-24-15)5-13(21)22/h1-4,7,11,17H,5-6H2,(H,21,22). The smallest absolute Gasteiger partial charge is 0.309 e. The molecule has 1 saturated heterocycles. The van der Waals surface area contributed by atoms with Crippen LogP contribution in [0, 0.1) is 3.57 Å². The van der Waals surface area contributed by atoms with Crippen molar-refractivity contribution in [3.05, 3.63) is 38.9 Å². The van der Waals surface area contributed by atoms with Crippen molar-refractivity contribution in [1.29, 1.82) is 0 Å². The second-order valence-electron chi connectivity index (χ2n) is 5.17. The molecule has 1 aromatic carbocycles. The summed E-state index contributed by atoms with van der Waals surface area (Å²) in [6.45, 7) is 0. The molecule has 24 heavy (non-hydrogen) atoms. The fraction of sp³-hybridized carbons (Fsp3) is 0.200. The molecule has 1 atom stereocenters. The van der Waals surface area contributed by atoms with Gasteiger partial charge in [-0.25, -0.2) is 9.88 Å². The summed E-state index contributed by atoms with van der Waals surface area (Å²) in [6, 6.07) is 6.85. The van der Waals surface area contributed by atoms with Crippen LogP contribution in [0.2, 0.25) is 0 Å². The number of carboxylic acids is 1. The highest BCUT2D eigenvalue weighted by molar-refractivity contribution is 14.1. The summed E-state index contributed by atoms with van der Waals surface area (Å²) in [4.78, 5) is 40.5. The summed E-state index contributed by atoms with van der Waals surface area (Å²) in [5, 5.41) is 13.6. The van der Waals surface area contributed by atoms with Crippen LogP contribution in [0.3, 0.4) is 0 Å². The fourth-order valence-corrected chi connectivity index (χ4v) is 3.53. The van der Waals surface area contributed by atoms with Crippen LogP contribution >= 0.6 is 33.9 Å². The molecule has 124 valence electrons. The maximum Gasteiger partial charge on any atom is 0.309 e. The van der Waals surface area contributed by atoms with Gasteiger partial charge in [-0.2, -0.15) is 0 Å². The van der Waals surface area contributed by atoms with Gasteiger partial charge in [-0.15, -0.1) is 11.3 Å². The minimum absolute atomic E-state index is 0.0403. The van der Waals surface area contributed by atoms with Gasteiger partial charge in [0.25, 0.3) is 5.91 Å². The Morgan fingerprint density at radius 3 is 2.75 bits per heavy atom. The summed E-state index contributed by atoms with van der Waals surface area (Å²) in [5.74, 6) is -1.74. The Bertz CT molecular complexity index is 805. The molecular formula is C15H12IN3O4S. The number of carbonyl (C=O) groups excluding carboxylic acids is 2. The van der Waals surface area contributed by atoms with Gasteiger partial charge >= 0.3 is 5.97 Å². The average molecular weight is 457 g/mol. The van der Waals surface area contributed by atoms with E-state index < -0.39 is 12.0 Å². The van der Waals surface area contributed by atoms with Crippen molar-refractivity contribution in [2.75, 3.05) is 10.2 Å². The van der Waals surface area contributed by atoms with Crippen molar-refractivity contribution < 1.29 is 19.5 Å². The zero-order valence-electron chi connectivity index (χ0n) is 12.2. The maximum absolute atomic E-state index is 12.5. The number of nitrogens with zero attached hydrogens (tertiary/aromatic N) is 2. The number of hydrogen-bond donors (Lipinski definition) is 2. The van der Waals surface area contributed by atoms with E-state index in [0.29, 0.717) is 5.69 Å². The van der Waals surface area contributed by atoms with E-state index in [2.05, 4.69) is 32.9 Å². The number of carboxylic acid groups (broad SMARTS) is 1.